The van der Waals surface area contributed by atoms with E-state index in [-0.39, 0.29) is 29.8 Å². The Morgan fingerprint density at radius 1 is 1.08 bits per heavy atom. The second-order valence-electron chi connectivity index (χ2n) is 5.41. The molecular weight excluding hydrogens is 312 g/mol. The Balaban J connectivity index is 1.74. The number of halogens is 2. The minimum atomic E-state index is -0.339. The summed E-state index contributed by atoms with van der Waals surface area (Å²) in [5, 5.41) is 4.22. The largest absolute Gasteiger partial charge is 0.336 e. The van der Waals surface area contributed by atoms with E-state index >= 15 is 0 Å². The Hall–Kier alpha value is -3.02. The van der Waals surface area contributed by atoms with Crippen LogP contribution in [0.15, 0.2) is 60.8 Å². The first kappa shape index (κ1) is 15.9. The molecule has 1 heterocycles. The molecule has 0 aliphatic heterocycles. The van der Waals surface area contributed by atoms with Gasteiger partial charge in [0, 0.05) is 19.8 Å². The number of aromatic nitrogens is 2. The van der Waals surface area contributed by atoms with Crippen molar-refractivity contribution in [3.63, 3.8) is 0 Å². The average Bonchev–Trinajstić information content (AvgIpc) is 3.04. The van der Waals surface area contributed by atoms with Gasteiger partial charge in [0.1, 0.15) is 11.6 Å². The first-order valence-electron chi connectivity index (χ1n) is 7.34. The first-order chi connectivity index (χ1) is 11.5. The quantitative estimate of drug-likeness (QED) is 0.736. The highest BCUT2D eigenvalue weighted by atomic mass is 19.1. The van der Waals surface area contributed by atoms with E-state index < -0.39 is 0 Å². The molecule has 0 fully saturated rings. The molecule has 0 aliphatic rings. The number of rotatable bonds is 4. The highest BCUT2D eigenvalue weighted by Gasteiger charge is 2.15. The fourth-order valence-corrected chi connectivity index (χ4v) is 2.35. The standard InChI is InChI=1S/C18H15F2N3O/c1-22(12-13-3-2-4-15(20)11-13)18(24)17-9-10-23(21-17)16-7-5-14(19)6-8-16/h2-11H,12H2,1H3. The predicted molar refractivity (Wildman–Crippen MR) is 85.7 cm³/mol. The van der Waals surface area contributed by atoms with Gasteiger partial charge in [0.2, 0.25) is 0 Å². The maximum absolute atomic E-state index is 13.2. The van der Waals surface area contributed by atoms with Gasteiger partial charge < -0.3 is 4.90 Å². The minimum Gasteiger partial charge on any atom is -0.336 e. The lowest BCUT2D eigenvalue weighted by molar-refractivity contribution is 0.0778. The molecule has 3 aromatic rings. The molecule has 0 N–H and O–H groups in total. The lowest BCUT2D eigenvalue weighted by Gasteiger charge is -2.16. The van der Waals surface area contributed by atoms with Gasteiger partial charge >= 0.3 is 0 Å². The molecule has 0 atom stereocenters. The van der Waals surface area contributed by atoms with Gasteiger partial charge in [0.05, 0.1) is 5.69 Å². The van der Waals surface area contributed by atoms with Crippen LogP contribution in [0.5, 0.6) is 0 Å². The Bertz CT molecular complexity index is 859. The average molecular weight is 327 g/mol. The third-order valence-corrected chi connectivity index (χ3v) is 3.55. The maximum Gasteiger partial charge on any atom is 0.274 e. The van der Waals surface area contributed by atoms with Crippen LogP contribution in [0.3, 0.4) is 0 Å². The fourth-order valence-electron chi connectivity index (χ4n) is 2.35. The van der Waals surface area contributed by atoms with E-state index in [1.54, 1.807) is 43.6 Å². The van der Waals surface area contributed by atoms with Crippen LogP contribution in [0.4, 0.5) is 8.78 Å². The van der Waals surface area contributed by atoms with Crippen LogP contribution < -0.4 is 0 Å². The van der Waals surface area contributed by atoms with Crippen LogP contribution in [-0.2, 0) is 6.54 Å². The summed E-state index contributed by atoms with van der Waals surface area (Å²) >= 11 is 0. The lowest BCUT2D eigenvalue weighted by atomic mass is 10.2. The van der Waals surface area contributed by atoms with Crippen LogP contribution in [0.25, 0.3) is 5.69 Å². The summed E-state index contributed by atoms with van der Waals surface area (Å²) in [5.41, 5.74) is 1.62. The van der Waals surface area contributed by atoms with Crippen LogP contribution in [-0.4, -0.2) is 27.6 Å². The van der Waals surface area contributed by atoms with E-state index in [0.29, 0.717) is 11.3 Å². The van der Waals surface area contributed by atoms with Crippen molar-refractivity contribution in [2.75, 3.05) is 7.05 Å². The van der Waals surface area contributed by atoms with E-state index in [1.165, 1.54) is 33.8 Å². The number of hydrogen-bond acceptors (Lipinski definition) is 2. The number of carbonyl (C=O) groups is 1. The molecular formula is C18H15F2N3O. The van der Waals surface area contributed by atoms with E-state index in [0.717, 1.165) is 0 Å². The van der Waals surface area contributed by atoms with Gasteiger partial charge in [0.15, 0.2) is 5.69 Å². The van der Waals surface area contributed by atoms with Crippen molar-refractivity contribution < 1.29 is 13.6 Å². The lowest BCUT2D eigenvalue weighted by Crippen LogP contribution is -2.26. The number of hydrogen-bond donors (Lipinski definition) is 0. The normalized spacial score (nSPS) is 10.6. The summed E-state index contributed by atoms with van der Waals surface area (Å²) in [7, 11) is 1.63. The first-order valence-corrected chi connectivity index (χ1v) is 7.34. The molecule has 0 spiro atoms. The highest BCUT2D eigenvalue weighted by molar-refractivity contribution is 5.92. The van der Waals surface area contributed by atoms with Crippen LogP contribution >= 0.6 is 0 Å². The van der Waals surface area contributed by atoms with Crippen molar-refractivity contribution in [2.45, 2.75) is 6.54 Å². The summed E-state index contributed by atoms with van der Waals surface area (Å²) in [6.45, 7) is 0.278. The van der Waals surface area contributed by atoms with Crippen molar-refractivity contribution in [3.8, 4) is 5.69 Å². The van der Waals surface area contributed by atoms with Gasteiger partial charge in [-0.05, 0) is 48.0 Å². The van der Waals surface area contributed by atoms with Crippen molar-refractivity contribution in [2.24, 2.45) is 0 Å². The van der Waals surface area contributed by atoms with Crippen molar-refractivity contribution in [1.29, 1.82) is 0 Å². The fraction of sp³-hybridized carbons (Fsp3) is 0.111. The monoisotopic (exact) mass is 327 g/mol. The Labute approximate surface area is 138 Å². The molecule has 0 radical (unpaired) electrons. The van der Waals surface area contributed by atoms with Gasteiger partial charge in [-0.3, -0.25) is 4.79 Å². The van der Waals surface area contributed by atoms with Crippen molar-refractivity contribution >= 4 is 5.91 Å². The molecule has 0 saturated heterocycles. The molecule has 4 nitrogen and oxygen atoms in total. The summed E-state index contributed by atoms with van der Waals surface area (Å²) in [6, 6.07) is 13.5. The zero-order valence-corrected chi connectivity index (χ0v) is 13.0. The molecule has 0 saturated carbocycles. The van der Waals surface area contributed by atoms with Gasteiger partial charge in [-0.1, -0.05) is 12.1 Å². The smallest absolute Gasteiger partial charge is 0.274 e. The SMILES string of the molecule is CN(Cc1cccc(F)c1)C(=O)c1ccn(-c2ccc(F)cc2)n1. The van der Waals surface area contributed by atoms with E-state index in [1.807, 2.05) is 0 Å². The van der Waals surface area contributed by atoms with Crippen molar-refractivity contribution in [1.82, 2.24) is 14.7 Å². The Morgan fingerprint density at radius 2 is 1.83 bits per heavy atom. The van der Waals surface area contributed by atoms with E-state index in [9.17, 15) is 13.6 Å². The van der Waals surface area contributed by atoms with E-state index in [2.05, 4.69) is 5.10 Å². The zero-order chi connectivity index (χ0) is 17.1. The third-order valence-electron chi connectivity index (χ3n) is 3.55. The molecule has 0 bridgehead atoms. The summed E-state index contributed by atoms with van der Waals surface area (Å²) in [4.78, 5) is 13.9. The number of amides is 1. The summed E-state index contributed by atoms with van der Waals surface area (Å²) < 4.78 is 27.7. The maximum atomic E-state index is 13.2. The molecule has 24 heavy (non-hydrogen) atoms. The highest BCUT2D eigenvalue weighted by Crippen LogP contribution is 2.12. The number of nitrogens with zero attached hydrogens (tertiary/aromatic N) is 3. The minimum absolute atomic E-state index is 0.262. The summed E-state index contributed by atoms with van der Waals surface area (Å²) in [5.74, 6) is -0.953. The molecule has 3 rings (SSSR count). The van der Waals surface area contributed by atoms with E-state index in [4.69, 9.17) is 0 Å². The van der Waals surface area contributed by atoms with Gasteiger partial charge in [-0.2, -0.15) is 5.10 Å². The molecule has 6 heteroatoms. The molecule has 0 unspecified atom stereocenters. The molecule has 2 aromatic carbocycles. The number of carbonyl (C=O) groups excluding carboxylic acids is 1. The molecule has 122 valence electrons. The van der Waals surface area contributed by atoms with Gasteiger partial charge in [-0.25, -0.2) is 13.5 Å². The van der Waals surface area contributed by atoms with Gasteiger partial charge in [-0.15, -0.1) is 0 Å². The van der Waals surface area contributed by atoms with Crippen LogP contribution in [0.1, 0.15) is 16.1 Å². The van der Waals surface area contributed by atoms with Crippen LogP contribution in [0, 0.1) is 11.6 Å². The summed E-state index contributed by atoms with van der Waals surface area (Å²) in [6.07, 6.45) is 1.64. The van der Waals surface area contributed by atoms with Crippen LogP contribution in [0.2, 0.25) is 0 Å². The molecule has 1 amide bonds. The Morgan fingerprint density at radius 3 is 2.54 bits per heavy atom. The molecule has 1 aromatic heterocycles. The third kappa shape index (κ3) is 3.48. The van der Waals surface area contributed by atoms with Crippen molar-refractivity contribution in [3.05, 3.63) is 83.7 Å². The zero-order valence-electron chi connectivity index (χ0n) is 13.0. The predicted octanol–water partition coefficient (Wildman–Crippen LogP) is 3.42. The Kier molecular flexibility index (Phi) is 4.37. The van der Waals surface area contributed by atoms with Gasteiger partial charge in [0.25, 0.3) is 5.91 Å². The second-order valence-corrected chi connectivity index (χ2v) is 5.41. The number of benzene rings is 2. The molecule has 0 aliphatic carbocycles. The topological polar surface area (TPSA) is 38.1 Å². The second kappa shape index (κ2) is 6.62.